The maximum atomic E-state index is 11.7. The zero-order valence-corrected chi connectivity index (χ0v) is 14.6. The van der Waals surface area contributed by atoms with Gasteiger partial charge >= 0.3 is 5.97 Å². The number of halogens is 1. The molecule has 0 saturated carbocycles. The van der Waals surface area contributed by atoms with Crippen LogP contribution in [0.4, 0.5) is 0 Å². The summed E-state index contributed by atoms with van der Waals surface area (Å²) in [6.07, 6.45) is -0.0426. The summed E-state index contributed by atoms with van der Waals surface area (Å²) in [7, 11) is 0. The summed E-state index contributed by atoms with van der Waals surface area (Å²) in [4.78, 5) is 11.7. The molecule has 0 aliphatic heterocycles. The van der Waals surface area contributed by atoms with Gasteiger partial charge < -0.3 is 14.2 Å². The van der Waals surface area contributed by atoms with Gasteiger partial charge in [0.25, 0.3) is 0 Å². The van der Waals surface area contributed by atoms with Crippen LogP contribution in [0.3, 0.4) is 0 Å². The largest absolute Gasteiger partial charge is 0.489 e. The Morgan fingerprint density at radius 2 is 1.62 bits per heavy atom. The average Bonchev–Trinajstić information content (AvgIpc) is 2.60. The SMILES string of the molecule is CCOC(=O)C(CC)Oc1ccc(OCc2ccc(Cl)cc2)cc1. The van der Waals surface area contributed by atoms with Crippen LogP contribution in [0.25, 0.3) is 0 Å². The van der Waals surface area contributed by atoms with Gasteiger partial charge in [-0.25, -0.2) is 4.79 Å². The van der Waals surface area contributed by atoms with Crippen molar-refractivity contribution < 1.29 is 19.0 Å². The van der Waals surface area contributed by atoms with E-state index in [-0.39, 0.29) is 5.97 Å². The number of hydrogen-bond donors (Lipinski definition) is 0. The highest BCUT2D eigenvalue weighted by atomic mass is 35.5. The first-order valence-corrected chi connectivity index (χ1v) is 8.30. The average molecular weight is 349 g/mol. The fourth-order valence-corrected chi connectivity index (χ4v) is 2.19. The third kappa shape index (κ3) is 5.46. The standard InChI is InChI=1S/C19H21ClO4/c1-3-18(19(21)22-4-2)24-17-11-9-16(10-12-17)23-13-14-5-7-15(20)8-6-14/h5-12,18H,3-4,13H2,1-2H3. The van der Waals surface area contributed by atoms with Gasteiger partial charge in [-0.1, -0.05) is 30.7 Å². The molecule has 1 atom stereocenters. The van der Waals surface area contributed by atoms with E-state index in [1.165, 1.54) is 0 Å². The Kier molecular flexibility index (Phi) is 6.94. The highest BCUT2D eigenvalue weighted by Crippen LogP contribution is 2.21. The second-order valence-corrected chi connectivity index (χ2v) is 5.59. The molecule has 0 N–H and O–H groups in total. The van der Waals surface area contributed by atoms with Gasteiger partial charge in [-0.15, -0.1) is 0 Å². The van der Waals surface area contributed by atoms with E-state index in [0.29, 0.717) is 30.4 Å². The van der Waals surface area contributed by atoms with Crippen LogP contribution >= 0.6 is 11.6 Å². The Morgan fingerprint density at radius 1 is 1.00 bits per heavy atom. The van der Waals surface area contributed by atoms with Gasteiger partial charge in [0.15, 0.2) is 6.10 Å². The molecule has 0 spiro atoms. The molecule has 0 heterocycles. The van der Waals surface area contributed by atoms with Crippen LogP contribution in [0.15, 0.2) is 48.5 Å². The summed E-state index contributed by atoms with van der Waals surface area (Å²) < 4.78 is 16.4. The minimum atomic E-state index is -0.592. The van der Waals surface area contributed by atoms with Crippen molar-refractivity contribution in [1.82, 2.24) is 0 Å². The van der Waals surface area contributed by atoms with Gasteiger partial charge in [0.2, 0.25) is 0 Å². The molecule has 2 rings (SSSR count). The van der Waals surface area contributed by atoms with Crippen LogP contribution in [0.2, 0.25) is 5.02 Å². The highest BCUT2D eigenvalue weighted by molar-refractivity contribution is 6.30. The second kappa shape index (κ2) is 9.18. The molecule has 128 valence electrons. The van der Waals surface area contributed by atoms with Gasteiger partial charge in [-0.05, 0) is 55.3 Å². The summed E-state index contributed by atoms with van der Waals surface area (Å²) >= 11 is 5.85. The number of carbonyl (C=O) groups is 1. The monoisotopic (exact) mass is 348 g/mol. The Morgan fingerprint density at radius 3 is 2.21 bits per heavy atom. The molecule has 2 aromatic rings. The second-order valence-electron chi connectivity index (χ2n) is 5.15. The normalized spacial score (nSPS) is 11.6. The van der Waals surface area contributed by atoms with Crippen molar-refractivity contribution >= 4 is 17.6 Å². The number of benzene rings is 2. The van der Waals surface area contributed by atoms with Crippen LogP contribution in [-0.4, -0.2) is 18.7 Å². The number of esters is 1. The molecule has 0 aromatic heterocycles. The van der Waals surface area contributed by atoms with Crippen molar-refractivity contribution in [1.29, 1.82) is 0 Å². The Hall–Kier alpha value is -2.20. The lowest BCUT2D eigenvalue weighted by molar-refractivity contribution is -0.151. The fourth-order valence-electron chi connectivity index (χ4n) is 2.06. The Balaban J connectivity index is 1.90. The molecule has 0 bridgehead atoms. The third-order valence-electron chi connectivity index (χ3n) is 3.34. The first kappa shape index (κ1) is 18.1. The van der Waals surface area contributed by atoms with Crippen LogP contribution in [0, 0.1) is 0 Å². The molecule has 5 heteroatoms. The molecule has 0 amide bonds. The molecule has 0 aliphatic rings. The maximum Gasteiger partial charge on any atom is 0.347 e. The van der Waals surface area contributed by atoms with Gasteiger partial charge in [0.05, 0.1) is 6.61 Å². The smallest absolute Gasteiger partial charge is 0.347 e. The first-order chi connectivity index (χ1) is 11.6. The van der Waals surface area contributed by atoms with Crippen molar-refractivity contribution in [2.75, 3.05) is 6.61 Å². The van der Waals surface area contributed by atoms with E-state index in [1.807, 2.05) is 43.3 Å². The van der Waals surface area contributed by atoms with Crippen molar-refractivity contribution in [3.8, 4) is 11.5 Å². The summed E-state index contributed by atoms with van der Waals surface area (Å²) in [5.41, 5.74) is 1.04. The van der Waals surface area contributed by atoms with E-state index < -0.39 is 6.10 Å². The third-order valence-corrected chi connectivity index (χ3v) is 3.59. The van der Waals surface area contributed by atoms with Crippen LogP contribution in [-0.2, 0) is 16.1 Å². The quantitative estimate of drug-likeness (QED) is 0.652. The predicted octanol–water partition coefficient (Wildman–Crippen LogP) is 4.64. The van der Waals surface area contributed by atoms with Crippen molar-refractivity contribution in [2.24, 2.45) is 0 Å². The maximum absolute atomic E-state index is 11.7. The fraction of sp³-hybridized carbons (Fsp3) is 0.316. The van der Waals surface area contributed by atoms with E-state index in [0.717, 1.165) is 11.3 Å². The lowest BCUT2D eigenvalue weighted by Crippen LogP contribution is -2.28. The molecule has 0 aliphatic carbocycles. The predicted molar refractivity (Wildman–Crippen MR) is 93.6 cm³/mol. The number of carbonyl (C=O) groups excluding carboxylic acids is 1. The van der Waals surface area contributed by atoms with E-state index in [1.54, 1.807) is 19.1 Å². The van der Waals surface area contributed by atoms with E-state index >= 15 is 0 Å². The molecular formula is C19H21ClO4. The van der Waals surface area contributed by atoms with Crippen LogP contribution in [0.1, 0.15) is 25.8 Å². The number of hydrogen-bond acceptors (Lipinski definition) is 4. The number of ether oxygens (including phenoxy) is 3. The van der Waals surface area contributed by atoms with Crippen molar-refractivity contribution in [3.63, 3.8) is 0 Å². The van der Waals surface area contributed by atoms with Gasteiger partial charge in [-0.2, -0.15) is 0 Å². The van der Waals surface area contributed by atoms with Gasteiger partial charge in [-0.3, -0.25) is 0 Å². The lowest BCUT2D eigenvalue weighted by atomic mass is 10.2. The first-order valence-electron chi connectivity index (χ1n) is 7.93. The van der Waals surface area contributed by atoms with E-state index in [9.17, 15) is 4.79 Å². The molecule has 4 nitrogen and oxygen atoms in total. The van der Waals surface area contributed by atoms with Crippen molar-refractivity contribution in [2.45, 2.75) is 33.0 Å². The highest BCUT2D eigenvalue weighted by Gasteiger charge is 2.19. The summed E-state index contributed by atoms with van der Waals surface area (Å²) in [6.45, 7) is 4.45. The van der Waals surface area contributed by atoms with Gasteiger partial charge in [0.1, 0.15) is 18.1 Å². The van der Waals surface area contributed by atoms with E-state index in [2.05, 4.69) is 0 Å². The number of rotatable bonds is 8. The molecule has 24 heavy (non-hydrogen) atoms. The minimum Gasteiger partial charge on any atom is -0.489 e. The Bertz CT molecular complexity index is 637. The molecule has 0 saturated heterocycles. The van der Waals surface area contributed by atoms with Crippen molar-refractivity contribution in [3.05, 3.63) is 59.1 Å². The summed E-state index contributed by atoms with van der Waals surface area (Å²) in [6, 6.07) is 14.7. The zero-order valence-electron chi connectivity index (χ0n) is 13.8. The minimum absolute atomic E-state index is 0.343. The van der Waals surface area contributed by atoms with E-state index in [4.69, 9.17) is 25.8 Å². The van der Waals surface area contributed by atoms with Gasteiger partial charge in [0, 0.05) is 5.02 Å². The summed E-state index contributed by atoms with van der Waals surface area (Å²) in [5, 5.41) is 0.701. The lowest BCUT2D eigenvalue weighted by Gasteiger charge is -2.16. The summed E-state index contributed by atoms with van der Waals surface area (Å²) in [5.74, 6) is 0.985. The molecule has 0 fully saturated rings. The molecule has 1 unspecified atom stereocenters. The van der Waals surface area contributed by atoms with Crippen LogP contribution in [0.5, 0.6) is 11.5 Å². The Labute approximate surface area is 147 Å². The molecule has 0 radical (unpaired) electrons. The molecular weight excluding hydrogens is 328 g/mol. The van der Waals surface area contributed by atoms with Crippen LogP contribution < -0.4 is 9.47 Å². The zero-order chi connectivity index (χ0) is 17.4. The topological polar surface area (TPSA) is 44.8 Å². The molecule has 2 aromatic carbocycles.